The van der Waals surface area contributed by atoms with E-state index in [4.69, 9.17) is 4.74 Å². The highest BCUT2D eigenvalue weighted by Crippen LogP contribution is 2.18. The molecule has 1 atom stereocenters. The maximum Gasteiger partial charge on any atom is 0.315 e. The van der Waals surface area contributed by atoms with Crippen molar-refractivity contribution < 1.29 is 14.6 Å². The molecule has 1 aromatic carbocycles. The third-order valence-corrected chi connectivity index (χ3v) is 4.31. The van der Waals surface area contributed by atoms with Gasteiger partial charge in [0.1, 0.15) is 5.75 Å². The first-order valence-electron chi connectivity index (χ1n) is 8.38. The van der Waals surface area contributed by atoms with Crippen LogP contribution in [0.15, 0.2) is 24.3 Å². The van der Waals surface area contributed by atoms with Crippen molar-refractivity contribution in [1.82, 2.24) is 10.6 Å². The van der Waals surface area contributed by atoms with Gasteiger partial charge in [-0.2, -0.15) is 0 Å². The lowest BCUT2D eigenvalue weighted by Gasteiger charge is -2.26. The molecule has 2 rings (SSSR count). The minimum Gasteiger partial charge on any atom is -0.497 e. The zero-order valence-corrected chi connectivity index (χ0v) is 14.1. The molecule has 5 nitrogen and oxygen atoms in total. The number of amides is 2. The number of hydrogen-bond donors (Lipinski definition) is 3. The van der Waals surface area contributed by atoms with E-state index in [0.29, 0.717) is 6.42 Å². The summed E-state index contributed by atoms with van der Waals surface area (Å²) in [5, 5.41) is 16.3. The van der Waals surface area contributed by atoms with Crippen LogP contribution in [-0.2, 0) is 6.42 Å². The summed E-state index contributed by atoms with van der Waals surface area (Å²) < 4.78 is 5.12. The Labute approximate surface area is 138 Å². The smallest absolute Gasteiger partial charge is 0.315 e. The van der Waals surface area contributed by atoms with E-state index >= 15 is 0 Å². The van der Waals surface area contributed by atoms with Gasteiger partial charge in [0.2, 0.25) is 0 Å². The van der Waals surface area contributed by atoms with Gasteiger partial charge in [0.25, 0.3) is 0 Å². The highest BCUT2D eigenvalue weighted by molar-refractivity contribution is 5.74. The molecule has 1 aliphatic rings. The van der Waals surface area contributed by atoms with Gasteiger partial charge in [0, 0.05) is 19.0 Å². The van der Waals surface area contributed by atoms with Gasteiger partial charge in [-0.15, -0.1) is 0 Å². The third kappa shape index (κ3) is 6.10. The maximum atomic E-state index is 11.9. The van der Waals surface area contributed by atoms with Gasteiger partial charge >= 0.3 is 6.03 Å². The molecule has 0 bridgehead atoms. The molecule has 1 aromatic rings. The number of carbonyl (C=O) groups is 1. The van der Waals surface area contributed by atoms with Gasteiger partial charge in [-0.1, -0.05) is 31.4 Å². The lowest BCUT2D eigenvalue weighted by Crippen LogP contribution is -2.48. The van der Waals surface area contributed by atoms with Crippen molar-refractivity contribution in [3.8, 4) is 5.75 Å². The first-order valence-corrected chi connectivity index (χ1v) is 8.38. The van der Waals surface area contributed by atoms with E-state index in [-0.39, 0.29) is 18.6 Å². The molecule has 23 heavy (non-hydrogen) atoms. The minimum atomic E-state index is -0.988. The Kier molecular flexibility index (Phi) is 6.28. The number of benzene rings is 1. The third-order valence-electron chi connectivity index (χ3n) is 4.31. The molecule has 3 N–H and O–H groups in total. The molecular formula is C18H28N2O3. The van der Waals surface area contributed by atoms with Crippen LogP contribution in [0, 0.1) is 0 Å². The second-order valence-electron chi connectivity index (χ2n) is 6.68. The number of urea groups is 1. The first kappa shape index (κ1) is 17.6. The quantitative estimate of drug-likeness (QED) is 0.754. The normalized spacial score (nSPS) is 18.0. The van der Waals surface area contributed by atoms with Crippen LogP contribution in [0.25, 0.3) is 0 Å². The molecular weight excluding hydrogens is 292 g/mol. The largest absolute Gasteiger partial charge is 0.497 e. The fourth-order valence-electron chi connectivity index (χ4n) is 3.00. The van der Waals surface area contributed by atoms with Crippen LogP contribution in [0.2, 0.25) is 0 Å². The van der Waals surface area contributed by atoms with E-state index in [9.17, 15) is 9.90 Å². The van der Waals surface area contributed by atoms with E-state index in [1.165, 1.54) is 19.3 Å². The predicted molar refractivity (Wildman–Crippen MR) is 90.7 cm³/mol. The fourth-order valence-corrected chi connectivity index (χ4v) is 3.00. The van der Waals surface area contributed by atoms with E-state index in [1.54, 1.807) is 14.0 Å². The molecule has 1 aliphatic carbocycles. The standard InChI is InChI=1S/C18H28N2O3/c1-18(22,12-14-8-10-16(23-2)11-9-14)13-19-17(21)20-15-6-4-3-5-7-15/h8-11,15,22H,3-7,12-13H2,1-2H3,(H2,19,20,21)/t18-/m0/s1. The van der Waals surface area contributed by atoms with Crippen molar-refractivity contribution in [2.45, 2.75) is 57.1 Å². The maximum absolute atomic E-state index is 11.9. The Bertz CT molecular complexity index is 493. The summed E-state index contributed by atoms with van der Waals surface area (Å²) >= 11 is 0. The number of rotatable bonds is 6. The molecule has 1 saturated carbocycles. The first-order chi connectivity index (χ1) is 11.0. The van der Waals surface area contributed by atoms with Crippen molar-refractivity contribution in [3.63, 3.8) is 0 Å². The van der Waals surface area contributed by atoms with Crippen LogP contribution in [0.3, 0.4) is 0 Å². The fraction of sp³-hybridized carbons (Fsp3) is 0.611. The molecule has 0 heterocycles. The van der Waals surface area contributed by atoms with E-state index in [1.807, 2.05) is 24.3 Å². The van der Waals surface area contributed by atoms with Crippen LogP contribution in [-0.4, -0.2) is 36.4 Å². The van der Waals surface area contributed by atoms with E-state index < -0.39 is 5.60 Å². The summed E-state index contributed by atoms with van der Waals surface area (Å²) in [5.74, 6) is 0.790. The van der Waals surface area contributed by atoms with Crippen LogP contribution < -0.4 is 15.4 Å². The summed E-state index contributed by atoms with van der Waals surface area (Å²) in [4.78, 5) is 11.9. The average Bonchev–Trinajstić information content (AvgIpc) is 2.54. The van der Waals surface area contributed by atoms with Crippen LogP contribution in [0.1, 0.15) is 44.6 Å². The van der Waals surface area contributed by atoms with Gasteiger partial charge in [-0.3, -0.25) is 0 Å². The molecule has 0 radical (unpaired) electrons. The molecule has 1 fully saturated rings. The summed E-state index contributed by atoms with van der Waals surface area (Å²) in [6.07, 6.45) is 6.20. The zero-order valence-electron chi connectivity index (χ0n) is 14.1. The van der Waals surface area contributed by atoms with Gasteiger partial charge in [-0.25, -0.2) is 4.79 Å². The zero-order chi connectivity index (χ0) is 16.7. The van der Waals surface area contributed by atoms with Crippen molar-refractivity contribution in [2.24, 2.45) is 0 Å². The average molecular weight is 320 g/mol. The van der Waals surface area contributed by atoms with Crippen LogP contribution in [0.5, 0.6) is 5.75 Å². The molecule has 0 spiro atoms. The van der Waals surface area contributed by atoms with Crippen LogP contribution in [0.4, 0.5) is 4.79 Å². The molecule has 2 amide bonds. The van der Waals surface area contributed by atoms with E-state index in [2.05, 4.69) is 10.6 Å². The van der Waals surface area contributed by atoms with Crippen LogP contribution >= 0.6 is 0 Å². The molecule has 0 aliphatic heterocycles. The van der Waals surface area contributed by atoms with E-state index in [0.717, 1.165) is 24.2 Å². The second kappa shape index (κ2) is 8.20. The summed E-state index contributed by atoms with van der Waals surface area (Å²) in [7, 11) is 1.63. The molecule has 0 saturated heterocycles. The Morgan fingerprint density at radius 2 is 1.91 bits per heavy atom. The number of nitrogens with one attached hydrogen (secondary N) is 2. The Hall–Kier alpha value is -1.75. The number of carbonyl (C=O) groups excluding carboxylic acids is 1. The predicted octanol–water partition coefficient (Wildman–Crippen LogP) is 2.62. The SMILES string of the molecule is COc1ccc(C[C@](C)(O)CNC(=O)NC2CCCCC2)cc1. The van der Waals surface area contributed by atoms with Gasteiger partial charge in [0.15, 0.2) is 0 Å². The monoisotopic (exact) mass is 320 g/mol. The van der Waals surface area contributed by atoms with Crippen molar-refractivity contribution in [1.29, 1.82) is 0 Å². The van der Waals surface area contributed by atoms with Crippen molar-refractivity contribution in [3.05, 3.63) is 29.8 Å². The Balaban J connectivity index is 1.76. The van der Waals surface area contributed by atoms with Crippen molar-refractivity contribution >= 4 is 6.03 Å². The van der Waals surface area contributed by atoms with Crippen molar-refractivity contribution in [2.75, 3.05) is 13.7 Å². The lowest BCUT2D eigenvalue weighted by molar-refractivity contribution is 0.0622. The summed E-state index contributed by atoms with van der Waals surface area (Å²) in [5.41, 5.74) is 0.0173. The minimum absolute atomic E-state index is 0.188. The number of hydrogen-bond acceptors (Lipinski definition) is 3. The second-order valence-corrected chi connectivity index (χ2v) is 6.68. The Morgan fingerprint density at radius 3 is 2.52 bits per heavy atom. The highest BCUT2D eigenvalue weighted by Gasteiger charge is 2.23. The molecule has 128 valence electrons. The van der Waals surface area contributed by atoms with Gasteiger partial charge in [-0.05, 0) is 37.5 Å². The lowest BCUT2D eigenvalue weighted by atomic mass is 9.95. The summed E-state index contributed by atoms with van der Waals surface area (Å²) in [6, 6.07) is 7.68. The summed E-state index contributed by atoms with van der Waals surface area (Å²) in [6.45, 7) is 1.95. The number of ether oxygens (including phenoxy) is 1. The number of methoxy groups -OCH3 is 1. The molecule has 0 aromatic heterocycles. The molecule has 0 unspecified atom stereocenters. The number of aliphatic hydroxyl groups is 1. The van der Waals surface area contributed by atoms with Gasteiger partial charge < -0.3 is 20.5 Å². The highest BCUT2D eigenvalue weighted by atomic mass is 16.5. The Morgan fingerprint density at radius 1 is 1.26 bits per heavy atom. The molecule has 5 heteroatoms. The van der Waals surface area contributed by atoms with Gasteiger partial charge in [0.05, 0.1) is 12.7 Å². The topological polar surface area (TPSA) is 70.6 Å².